The molecule has 0 aliphatic heterocycles. The standard InChI is InChI=1S/C16H13N3O2/c1-20-9-15-19-13-8-10(2-3-14(13)21-15)11-4-6-17-16-12(11)5-7-18-16/h2-8H,9H2,1H3,(H,17,18). The molecular weight excluding hydrogens is 266 g/mol. The number of oxazole rings is 1. The van der Waals surface area contributed by atoms with Crippen LogP contribution in [0, 0.1) is 0 Å². The van der Waals surface area contributed by atoms with Gasteiger partial charge < -0.3 is 14.1 Å². The maximum absolute atomic E-state index is 5.62. The van der Waals surface area contributed by atoms with E-state index in [1.807, 2.05) is 36.5 Å². The first-order valence-electron chi connectivity index (χ1n) is 6.66. The van der Waals surface area contributed by atoms with Gasteiger partial charge in [-0.2, -0.15) is 0 Å². The van der Waals surface area contributed by atoms with Crippen molar-refractivity contribution < 1.29 is 9.15 Å². The van der Waals surface area contributed by atoms with Gasteiger partial charge in [-0.05, 0) is 35.4 Å². The molecule has 0 atom stereocenters. The highest BCUT2D eigenvalue weighted by atomic mass is 16.5. The average Bonchev–Trinajstić information content (AvgIpc) is 3.12. The van der Waals surface area contributed by atoms with Crippen molar-refractivity contribution in [1.82, 2.24) is 15.0 Å². The molecule has 3 aromatic heterocycles. The van der Waals surface area contributed by atoms with Gasteiger partial charge in [0.1, 0.15) is 17.8 Å². The third-order valence-electron chi connectivity index (χ3n) is 3.47. The summed E-state index contributed by atoms with van der Waals surface area (Å²) in [5, 5.41) is 1.09. The van der Waals surface area contributed by atoms with Gasteiger partial charge in [0, 0.05) is 24.9 Å². The summed E-state index contributed by atoms with van der Waals surface area (Å²) >= 11 is 0. The first kappa shape index (κ1) is 12.1. The van der Waals surface area contributed by atoms with E-state index in [2.05, 4.69) is 15.0 Å². The second-order valence-corrected chi connectivity index (χ2v) is 4.82. The van der Waals surface area contributed by atoms with Gasteiger partial charge >= 0.3 is 0 Å². The monoisotopic (exact) mass is 279 g/mol. The fraction of sp³-hybridized carbons (Fsp3) is 0.125. The smallest absolute Gasteiger partial charge is 0.221 e. The van der Waals surface area contributed by atoms with Crippen LogP contribution in [0.15, 0.2) is 47.1 Å². The lowest BCUT2D eigenvalue weighted by Gasteiger charge is -2.02. The van der Waals surface area contributed by atoms with Crippen molar-refractivity contribution in [2.45, 2.75) is 6.61 Å². The van der Waals surface area contributed by atoms with Gasteiger partial charge in [0.2, 0.25) is 5.89 Å². The van der Waals surface area contributed by atoms with E-state index in [9.17, 15) is 0 Å². The highest BCUT2D eigenvalue weighted by molar-refractivity contribution is 5.94. The van der Waals surface area contributed by atoms with Gasteiger partial charge in [0.15, 0.2) is 5.58 Å². The van der Waals surface area contributed by atoms with Gasteiger partial charge in [0.05, 0.1) is 0 Å². The number of nitrogens with one attached hydrogen (secondary N) is 1. The van der Waals surface area contributed by atoms with Crippen LogP contribution < -0.4 is 0 Å². The molecule has 1 aromatic carbocycles. The lowest BCUT2D eigenvalue weighted by molar-refractivity contribution is 0.161. The molecule has 5 heteroatoms. The highest BCUT2D eigenvalue weighted by Crippen LogP contribution is 2.29. The molecule has 0 aliphatic carbocycles. The maximum atomic E-state index is 5.62. The van der Waals surface area contributed by atoms with Gasteiger partial charge in [0.25, 0.3) is 0 Å². The zero-order valence-corrected chi connectivity index (χ0v) is 11.5. The van der Waals surface area contributed by atoms with Crippen LogP contribution in [0.3, 0.4) is 0 Å². The fourth-order valence-electron chi connectivity index (χ4n) is 2.54. The van der Waals surface area contributed by atoms with Crippen LogP contribution in [-0.4, -0.2) is 22.1 Å². The van der Waals surface area contributed by atoms with Gasteiger partial charge in [-0.25, -0.2) is 9.97 Å². The Morgan fingerprint density at radius 3 is 3.10 bits per heavy atom. The molecule has 0 bridgehead atoms. The molecule has 1 N–H and O–H groups in total. The lowest BCUT2D eigenvalue weighted by Crippen LogP contribution is -1.85. The molecule has 3 heterocycles. The molecule has 0 amide bonds. The average molecular weight is 279 g/mol. The Hall–Kier alpha value is -2.66. The molecule has 0 radical (unpaired) electrons. The van der Waals surface area contributed by atoms with Crippen molar-refractivity contribution >= 4 is 22.1 Å². The predicted molar refractivity (Wildman–Crippen MR) is 79.8 cm³/mol. The molecule has 0 aliphatic rings. The number of fused-ring (bicyclic) bond motifs is 2. The SMILES string of the molecule is COCc1nc2cc(-c3ccnc4[nH]ccc34)ccc2o1. The molecular formula is C16H13N3O2. The van der Waals surface area contributed by atoms with Crippen molar-refractivity contribution in [2.24, 2.45) is 0 Å². The van der Waals surface area contributed by atoms with E-state index in [-0.39, 0.29) is 0 Å². The Bertz CT molecular complexity index is 923. The van der Waals surface area contributed by atoms with Crippen LogP contribution in [0.4, 0.5) is 0 Å². The number of hydrogen-bond acceptors (Lipinski definition) is 4. The summed E-state index contributed by atoms with van der Waals surface area (Å²) in [6, 6.07) is 10.0. The largest absolute Gasteiger partial charge is 0.438 e. The Balaban J connectivity index is 1.88. The summed E-state index contributed by atoms with van der Waals surface area (Å²) in [6.07, 6.45) is 3.70. The Morgan fingerprint density at radius 1 is 1.24 bits per heavy atom. The Kier molecular flexibility index (Phi) is 2.72. The van der Waals surface area contributed by atoms with E-state index in [0.717, 1.165) is 33.3 Å². The van der Waals surface area contributed by atoms with Gasteiger partial charge in [-0.3, -0.25) is 0 Å². The number of methoxy groups -OCH3 is 1. The molecule has 5 nitrogen and oxygen atoms in total. The summed E-state index contributed by atoms with van der Waals surface area (Å²) < 4.78 is 10.7. The molecule has 0 saturated heterocycles. The predicted octanol–water partition coefficient (Wildman–Crippen LogP) is 3.52. The number of nitrogens with zero attached hydrogens (tertiary/aromatic N) is 2. The fourth-order valence-corrected chi connectivity index (χ4v) is 2.54. The van der Waals surface area contributed by atoms with Crippen LogP contribution in [0.1, 0.15) is 5.89 Å². The third kappa shape index (κ3) is 1.98. The quantitative estimate of drug-likeness (QED) is 0.623. The zero-order valence-electron chi connectivity index (χ0n) is 11.5. The van der Waals surface area contributed by atoms with E-state index in [1.54, 1.807) is 13.3 Å². The van der Waals surface area contributed by atoms with Crippen LogP contribution in [0.2, 0.25) is 0 Å². The summed E-state index contributed by atoms with van der Waals surface area (Å²) in [6.45, 7) is 0.376. The van der Waals surface area contributed by atoms with Crippen molar-refractivity contribution in [2.75, 3.05) is 7.11 Å². The number of aromatic nitrogens is 3. The number of aromatic amines is 1. The van der Waals surface area contributed by atoms with E-state index in [1.165, 1.54) is 0 Å². The van der Waals surface area contributed by atoms with E-state index >= 15 is 0 Å². The van der Waals surface area contributed by atoms with Crippen molar-refractivity contribution in [3.8, 4) is 11.1 Å². The second-order valence-electron chi connectivity index (χ2n) is 4.82. The Labute approximate surface area is 120 Å². The number of benzene rings is 1. The first-order valence-corrected chi connectivity index (χ1v) is 6.66. The number of ether oxygens (including phenoxy) is 1. The maximum Gasteiger partial charge on any atom is 0.221 e. The molecule has 0 unspecified atom stereocenters. The first-order chi connectivity index (χ1) is 10.3. The molecule has 4 rings (SSSR count). The Morgan fingerprint density at radius 2 is 2.19 bits per heavy atom. The van der Waals surface area contributed by atoms with Crippen LogP contribution in [0.25, 0.3) is 33.3 Å². The minimum atomic E-state index is 0.376. The molecule has 104 valence electrons. The topological polar surface area (TPSA) is 63.9 Å². The van der Waals surface area contributed by atoms with Crippen LogP contribution in [0.5, 0.6) is 0 Å². The minimum Gasteiger partial charge on any atom is -0.438 e. The molecule has 0 spiro atoms. The molecule has 21 heavy (non-hydrogen) atoms. The number of rotatable bonds is 3. The van der Waals surface area contributed by atoms with Gasteiger partial charge in [-0.1, -0.05) is 6.07 Å². The van der Waals surface area contributed by atoms with Crippen LogP contribution in [-0.2, 0) is 11.3 Å². The lowest BCUT2D eigenvalue weighted by atomic mass is 10.0. The summed E-state index contributed by atoms with van der Waals surface area (Å²) in [4.78, 5) is 11.9. The molecule has 0 fully saturated rings. The second kappa shape index (κ2) is 4.71. The van der Waals surface area contributed by atoms with E-state index in [0.29, 0.717) is 12.5 Å². The summed E-state index contributed by atoms with van der Waals surface area (Å²) in [5.41, 5.74) is 4.70. The normalized spacial score (nSPS) is 11.5. The summed E-state index contributed by atoms with van der Waals surface area (Å²) in [7, 11) is 1.62. The number of pyridine rings is 1. The third-order valence-corrected chi connectivity index (χ3v) is 3.47. The zero-order chi connectivity index (χ0) is 14.2. The number of H-pyrrole nitrogens is 1. The van der Waals surface area contributed by atoms with Crippen molar-refractivity contribution in [1.29, 1.82) is 0 Å². The van der Waals surface area contributed by atoms with Gasteiger partial charge in [-0.15, -0.1) is 0 Å². The van der Waals surface area contributed by atoms with E-state index < -0.39 is 0 Å². The highest BCUT2D eigenvalue weighted by Gasteiger charge is 2.09. The van der Waals surface area contributed by atoms with Crippen LogP contribution >= 0.6 is 0 Å². The van der Waals surface area contributed by atoms with E-state index in [4.69, 9.17) is 9.15 Å². The van der Waals surface area contributed by atoms with Crippen molar-refractivity contribution in [3.05, 3.63) is 48.6 Å². The minimum absolute atomic E-state index is 0.376. The number of hydrogen-bond donors (Lipinski definition) is 1. The summed E-state index contributed by atoms with van der Waals surface area (Å²) in [5.74, 6) is 0.589. The molecule has 4 aromatic rings. The van der Waals surface area contributed by atoms with Crippen molar-refractivity contribution in [3.63, 3.8) is 0 Å². The molecule has 0 saturated carbocycles.